The van der Waals surface area contributed by atoms with Gasteiger partial charge in [-0.25, -0.2) is 9.78 Å². The molecule has 0 unspecified atom stereocenters. The van der Waals surface area contributed by atoms with Crippen LogP contribution in [-0.2, 0) is 29.1 Å². The first-order valence-electron chi connectivity index (χ1n) is 15.2. The molecule has 15 heteroatoms. The second kappa shape index (κ2) is 13.1. The summed E-state index contributed by atoms with van der Waals surface area (Å²) in [6, 6.07) is 15.5. The van der Waals surface area contributed by atoms with Crippen LogP contribution in [0.3, 0.4) is 0 Å². The molecule has 2 aliphatic rings. The van der Waals surface area contributed by atoms with Gasteiger partial charge in [-0.15, -0.1) is 6.58 Å². The van der Waals surface area contributed by atoms with Crippen molar-refractivity contribution in [3.05, 3.63) is 100 Å². The van der Waals surface area contributed by atoms with Gasteiger partial charge in [-0.3, -0.25) is 19.7 Å². The van der Waals surface area contributed by atoms with Gasteiger partial charge in [0.15, 0.2) is 5.13 Å². The van der Waals surface area contributed by atoms with Gasteiger partial charge in [-0.2, -0.15) is 10.1 Å². The third kappa shape index (κ3) is 6.05. The van der Waals surface area contributed by atoms with Gasteiger partial charge in [0, 0.05) is 24.9 Å². The molecule has 3 aromatic carbocycles. The van der Waals surface area contributed by atoms with Crippen molar-refractivity contribution >= 4 is 78.6 Å². The lowest BCUT2D eigenvalue weighted by atomic mass is 9.99. The Balaban J connectivity index is 1.20. The number of fused-ring (bicyclic) bond motifs is 3. The Morgan fingerprint density at radius 3 is 2.79 bits per heavy atom. The molecule has 4 amide bonds. The van der Waals surface area contributed by atoms with E-state index in [0.29, 0.717) is 15.2 Å². The number of para-hydroxylation sites is 1. The van der Waals surface area contributed by atoms with Crippen LogP contribution >= 0.6 is 34.5 Å². The first-order valence-corrected chi connectivity index (χ1v) is 16.8. The fourth-order valence-corrected chi connectivity index (χ4v) is 7.54. The highest BCUT2D eigenvalue weighted by Gasteiger charge is 2.52. The van der Waals surface area contributed by atoms with E-state index < -0.39 is 18.2 Å². The van der Waals surface area contributed by atoms with Crippen molar-refractivity contribution in [3.63, 3.8) is 0 Å². The summed E-state index contributed by atoms with van der Waals surface area (Å²) in [6.45, 7) is 4.52. The Labute approximate surface area is 289 Å². The number of piperazine rings is 1. The minimum atomic E-state index is -0.810. The highest BCUT2D eigenvalue weighted by Crippen LogP contribution is 2.33. The van der Waals surface area contributed by atoms with Crippen LogP contribution in [0.5, 0.6) is 0 Å². The Kier molecular flexibility index (Phi) is 8.69. The van der Waals surface area contributed by atoms with E-state index in [-0.39, 0.29) is 51.0 Å². The van der Waals surface area contributed by atoms with Crippen molar-refractivity contribution in [3.8, 4) is 0 Å². The fourth-order valence-electron chi connectivity index (χ4n) is 6.43. The number of benzene rings is 3. The molecule has 12 nitrogen and oxygen atoms in total. The highest BCUT2D eigenvalue weighted by atomic mass is 35.5. The van der Waals surface area contributed by atoms with Crippen LogP contribution in [0, 0.1) is 0 Å². The number of carbonyl (C=O) groups excluding carboxylic acids is 3. The minimum Gasteiger partial charge on any atom is -0.375 e. The molecule has 0 bridgehead atoms. The maximum atomic E-state index is 14.3. The van der Waals surface area contributed by atoms with E-state index in [9.17, 15) is 14.4 Å². The van der Waals surface area contributed by atoms with Gasteiger partial charge >= 0.3 is 6.03 Å². The number of nitrogen functional groups attached to an aromatic ring is 1. The van der Waals surface area contributed by atoms with Gasteiger partial charge in [0.1, 0.15) is 12.2 Å². The number of nitrogens with one attached hydrogen (secondary N) is 2. The van der Waals surface area contributed by atoms with Crippen LogP contribution in [0.2, 0.25) is 10.0 Å². The Morgan fingerprint density at radius 1 is 1.15 bits per heavy atom. The molecule has 0 radical (unpaired) electrons. The highest BCUT2D eigenvalue weighted by molar-refractivity contribution is 7.22. The number of hydrogen-bond acceptors (Lipinski definition) is 8. The van der Waals surface area contributed by atoms with E-state index in [1.807, 2.05) is 36.4 Å². The number of H-pyrrole nitrogens is 1. The van der Waals surface area contributed by atoms with Gasteiger partial charge < -0.3 is 20.9 Å². The fraction of sp³-hybridized carbons (Fsp3) is 0.242. The first kappa shape index (κ1) is 31.9. The van der Waals surface area contributed by atoms with Gasteiger partial charge in [-0.1, -0.05) is 64.9 Å². The Hall–Kier alpha value is -4.69. The van der Waals surface area contributed by atoms with E-state index in [2.05, 4.69) is 27.1 Å². The zero-order chi connectivity index (χ0) is 33.5. The standard InChI is InChI=1S/C33H31Cl2N9O3S/c1-2-10-42(33(47)37-14-20-6-8-23(34)24(35)12-20)43-18-29(45)44-26(13-19-7-9-25-22(11-19)15-38-40-25)31(46)41(17-28(43)44)16-21-4-3-5-27-30(21)39-32(36)48-27/h2-9,11-12,15,26,28H,1,10,13-14,16-18H2,(H2,36,39)(H,37,47)(H,38,40)/t26-,28+/m0/s1. The second-order valence-electron chi connectivity index (χ2n) is 11.7. The molecule has 2 aromatic heterocycles. The summed E-state index contributed by atoms with van der Waals surface area (Å²) in [4.78, 5) is 49.8. The second-order valence-corrected chi connectivity index (χ2v) is 13.6. The smallest absolute Gasteiger partial charge is 0.332 e. The number of amides is 4. The number of aromatic nitrogens is 3. The van der Waals surface area contributed by atoms with E-state index >= 15 is 0 Å². The summed E-state index contributed by atoms with van der Waals surface area (Å²) in [5.74, 6) is -0.434. The topological polar surface area (TPSA) is 144 Å². The van der Waals surface area contributed by atoms with E-state index in [4.69, 9.17) is 28.9 Å². The number of nitrogens with zero attached hydrogens (tertiary/aromatic N) is 6. The van der Waals surface area contributed by atoms with E-state index in [0.717, 1.165) is 37.8 Å². The van der Waals surface area contributed by atoms with Crippen molar-refractivity contribution in [1.29, 1.82) is 0 Å². The third-order valence-electron chi connectivity index (χ3n) is 8.65. The summed E-state index contributed by atoms with van der Waals surface area (Å²) in [5, 5.41) is 15.3. The number of urea groups is 1. The molecule has 4 N–H and O–H groups in total. The van der Waals surface area contributed by atoms with Crippen LogP contribution < -0.4 is 11.1 Å². The van der Waals surface area contributed by atoms with Crippen molar-refractivity contribution in [2.75, 3.05) is 25.4 Å². The van der Waals surface area contributed by atoms with Crippen molar-refractivity contribution in [1.82, 2.24) is 40.3 Å². The Bertz CT molecular complexity index is 2070. The van der Waals surface area contributed by atoms with Crippen molar-refractivity contribution < 1.29 is 14.4 Å². The first-order chi connectivity index (χ1) is 23.2. The minimum absolute atomic E-state index is 0.0880. The van der Waals surface area contributed by atoms with Crippen LogP contribution in [0.15, 0.2) is 73.4 Å². The summed E-state index contributed by atoms with van der Waals surface area (Å²) >= 11 is 13.6. The molecule has 2 saturated heterocycles. The zero-order valence-corrected chi connectivity index (χ0v) is 27.9. The molecule has 48 heavy (non-hydrogen) atoms. The maximum absolute atomic E-state index is 14.3. The molecule has 246 valence electrons. The van der Waals surface area contributed by atoms with Gasteiger partial charge in [0.05, 0.1) is 51.6 Å². The third-order valence-corrected chi connectivity index (χ3v) is 10.2. The van der Waals surface area contributed by atoms with E-state index in [1.165, 1.54) is 16.3 Å². The van der Waals surface area contributed by atoms with Crippen LogP contribution in [-0.4, -0.2) is 84.7 Å². The summed E-state index contributed by atoms with van der Waals surface area (Å²) in [7, 11) is 0. The predicted molar refractivity (Wildman–Crippen MR) is 186 cm³/mol. The van der Waals surface area contributed by atoms with Crippen LogP contribution in [0.1, 0.15) is 16.7 Å². The van der Waals surface area contributed by atoms with E-state index in [1.54, 1.807) is 45.3 Å². The predicted octanol–water partition coefficient (Wildman–Crippen LogP) is 4.80. The van der Waals surface area contributed by atoms with Crippen molar-refractivity contribution in [2.24, 2.45) is 0 Å². The molecule has 0 spiro atoms. The molecule has 7 rings (SSSR count). The zero-order valence-electron chi connectivity index (χ0n) is 25.6. The quantitative estimate of drug-likeness (QED) is 0.187. The van der Waals surface area contributed by atoms with Crippen LogP contribution in [0.25, 0.3) is 21.1 Å². The number of carbonyl (C=O) groups is 3. The number of anilines is 1. The largest absolute Gasteiger partial charge is 0.375 e. The average Bonchev–Trinajstić information content (AvgIpc) is 3.78. The number of nitrogens with two attached hydrogens (primary N) is 1. The lowest BCUT2D eigenvalue weighted by molar-refractivity contribution is -0.157. The number of hydrogen-bond donors (Lipinski definition) is 3. The number of thiazole rings is 1. The molecule has 2 fully saturated rings. The lowest BCUT2D eigenvalue weighted by Crippen LogP contribution is -2.66. The maximum Gasteiger partial charge on any atom is 0.332 e. The number of rotatable bonds is 9. The summed E-state index contributed by atoms with van der Waals surface area (Å²) in [6.07, 6.45) is 2.99. The molecule has 5 aromatic rings. The SMILES string of the molecule is C=CCN(C(=O)NCc1ccc(Cl)c(Cl)c1)N1CC(=O)N2[C@@H](Cc3ccc4[nH]ncc4c3)C(=O)N(Cc3cccc4sc(N)nc34)C[C@@H]21. The normalized spacial score (nSPS) is 18.1. The lowest BCUT2D eigenvalue weighted by Gasteiger charge is -2.46. The molecular weight excluding hydrogens is 673 g/mol. The van der Waals surface area contributed by atoms with Gasteiger partial charge in [-0.05, 0) is 47.0 Å². The number of halogens is 2. The Morgan fingerprint density at radius 2 is 1.98 bits per heavy atom. The van der Waals surface area contributed by atoms with Crippen LogP contribution in [0.4, 0.5) is 9.93 Å². The molecule has 0 saturated carbocycles. The molecule has 0 aliphatic carbocycles. The van der Waals surface area contributed by atoms with Gasteiger partial charge in [0.2, 0.25) is 11.8 Å². The number of hydrazine groups is 1. The molecule has 2 aliphatic heterocycles. The van der Waals surface area contributed by atoms with Gasteiger partial charge in [0.25, 0.3) is 0 Å². The number of aromatic amines is 1. The van der Waals surface area contributed by atoms with Crippen molar-refractivity contribution in [2.45, 2.75) is 31.7 Å². The molecule has 4 heterocycles. The summed E-state index contributed by atoms with van der Waals surface area (Å²) in [5.41, 5.74) is 10.1. The molecule has 2 atom stereocenters. The average molecular weight is 705 g/mol. The summed E-state index contributed by atoms with van der Waals surface area (Å²) < 4.78 is 0.925. The monoisotopic (exact) mass is 703 g/mol. The molecular formula is C33H31Cl2N9O3S.